The van der Waals surface area contributed by atoms with Crippen LogP contribution in [0.2, 0.25) is 17.3 Å². The van der Waals surface area contributed by atoms with Gasteiger partial charge < -0.3 is 9.40 Å². The SMILES string of the molecule is [2H]C1(c2ccnc(-c3[c-]ccc4c3oc3cc(-c5ccccc5)ccc34)c2)CCCCC1.[CH3][Ge]([CH3])([CH3])[c]1ccc(-c2[c-]cccc2)nc1.[Ir]. The molecule has 1 aliphatic carbocycles. The summed E-state index contributed by atoms with van der Waals surface area (Å²) in [5.74, 6) is 6.63. The van der Waals surface area contributed by atoms with Crippen LogP contribution in [0.1, 0.15) is 44.9 Å². The first-order valence-electron chi connectivity index (χ1n) is 17.1. The van der Waals surface area contributed by atoms with E-state index in [-0.39, 0.29) is 20.1 Å². The van der Waals surface area contributed by atoms with E-state index in [1.54, 1.807) is 0 Å². The number of fused-ring (bicyclic) bond motifs is 3. The van der Waals surface area contributed by atoms with Gasteiger partial charge in [0.05, 0.1) is 5.58 Å². The third-order valence-electron chi connectivity index (χ3n) is 9.04. The van der Waals surface area contributed by atoms with Crippen molar-refractivity contribution in [2.24, 2.45) is 0 Å². The molecular formula is C43H40GeIrN2O-2. The predicted molar refractivity (Wildman–Crippen MR) is 199 cm³/mol. The molecule has 7 aromatic rings. The van der Waals surface area contributed by atoms with Crippen molar-refractivity contribution in [2.45, 2.75) is 55.3 Å². The third-order valence-corrected chi connectivity index (χ3v) is 13.3. The second-order valence-corrected chi connectivity index (χ2v) is 24.0. The molecule has 0 spiro atoms. The zero-order valence-electron chi connectivity index (χ0n) is 28.7. The first kappa shape index (κ1) is 32.7. The Bertz CT molecular complexity index is 2150. The fourth-order valence-corrected chi connectivity index (χ4v) is 8.52. The monoisotopic (exact) mass is 868 g/mol. The molecule has 1 aliphatic rings. The molecule has 8 rings (SSSR count). The van der Waals surface area contributed by atoms with E-state index in [0.29, 0.717) is 0 Å². The standard InChI is InChI=1S/C29H24NO.C14H16GeN.Ir/c1-3-8-20(9-4-1)22-14-15-24-25-12-7-13-26(29(25)31-28(24)19-22)27-18-23(16-17-30-27)21-10-5-2-6-11-21;1-15(2,3)13-9-10-14(16-11-13)12-7-5-4-6-8-12;/h1,3-4,7-9,12,14-19,21H,2,5-6,10-11H2;4-7,9-11H,1-3H3;/q2*-1;/i21D;;. The number of pyridine rings is 2. The minimum Gasteiger partial charge on any atom is 0 e. The van der Waals surface area contributed by atoms with E-state index in [0.717, 1.165) is 81.3 Å². The molecule has 0 saturated heterocycles. The summed E-state index contributed by atoms with van der Waals surface area (Å²) >= 11 is -1.72. The van der Waals surface area contributed by atoms with Crippen molar-refractivity contribution in [2.75, 3.05) is 0 Å². The van der Waals surface area contributed by atoms with Gasteiger partial charge in [-0.25, -0.2) is 0 Å². The van der Waals surface area contributed by atoms with Crippen molar-refractivity contribution < 1.29 is 25.9 Å². The molecular weight excluding hydrogens is 825 g/mol. The Kier molecular flexibility index (Phi) is 10.3. The average molecular weight is 867 g/mol. The van der Waals surface area contributed by atoms with Crippen LogP contribution in [0, 0.1) is 12.1 Å². The number of hydrogen-bond acceptors (Lipinski definition) is 3. The van der Waals surface area contributed by atoms with Crippen LogP contribution < -0.4 is 4.40 Å². The maximum Gasteiger partial charge on any atom is 0 e. The van der Waals surface area contributed by atoms with Crippen LogP contribution in [-0.2, 0) is 20.1 Å². The molecule has 243 valence electrons. The molecule has 0 bridgehead atoms. The van der Waals surface area contributed by atoms with Gasteiger partial charge in [-0.1, -0.05) is 84.3 Å². The van der Waals surface area contributed by atoms with Crippen LogP contribution in [0.15, 0.2) is 126 Å². The molecule has 0 atom stereocenters. The number of nitrogens with zero attached hydrogens (tertiary/aromatic N) is 2. The Labute approximate surface area is 302 Å². The normalized spacial score (nSPS) is 14.4. The van der Waals surface area contributed by atoms with Gasteiger partial charge in [-0.05, 0) is 47.7 Å². The number of rotatable bonds is 5. The van der Waals surface area contributed by atoms with Crippen LogP contribution >= 0.6 is 0 Å². The van der Waals surface area contributed by atoms with Gasteiger partial charge in [0.25, 0.3) is 0 Å². The van der Waals surface area contributed by atoms with Crippen LogP contribution in [-0.4, -0.2) is 23.2 Å². The van der Waals surface area contributed by atoms with Gasteiger partial charge in [0.2, 0.25) is 0 Å². The Hall–Kier alpha value is -3.83. The fraction of sp³-hybridized carbons (Fsp3) is 0.209. The van der Waals surface area contributed by atoms with Gasteiger partial charge in [-0.3, -0.25) is 0 Å². The van der Waals surface area contributed by atoms with Crippen molar-refractivity contribution in [1.82, 2.24) is 9.97 Å². The van der Waals surface area contributed by atoms with Gasteiger partial charge in [0.1, 0.15) is 5.58 Å². The van der Waals surface area contributed by atoms with Crippen molar-refractivity contribution >= 4 is 39.6 Å². The van der Waals surface area contributed by atoms with Crippen molar-refractivity contribution in [3.8, 4) is 33.6 Å². The topological polar surface area (TPSA) is 38.9 Å². The van der Waals surface area contributed by atoms with E-state index in [1.807, 2.05) is 54.9 Å². The van der Waals surface area contributed by atoms with Crippen molar-refractivity contribution in [3.63, 3.8) is 0 Å². The Morgan fingerprint density at radius 1 is 0.729 bits per heavy atom. The molecule has 4 aromatic carbocycles. The number of hydrogen-bond donors (Lipinski definition) is 0. The van der Waals surface area contributed by atoms with E-state index in [4.69, 9.17) is 5.79 Å². The number of aromatic nitrogens is 2. The van der Waals surface area contributed by atoms with Crippen molar-refractivity contribution in [1.29, 1.82) is 0 Å². The fourth-order valence-electron chi connectivity index (χ4n) is 6.35. The van der Waals surface area contributed by atoms with Crippen LogP contribution in [0.3, 0.4) is 0 Å². The number of furan rings is 1. The molecule has 1 fully saturated rings. The molecule has 1 radical (unpaired) electrons. The third kappa shape index (κ3) is 7.57. The summed E-state index contributed by atoms with van der Waals surface area (Å²) in [6, 6.07) is 43.7. The number of benzene rings is 4. The Morgan fingerprint density at radius 3 is 2.27 bits per heavy atom. The molecule has 5 heteroatoms. The second kappa shape index (κ2) is 15.2. The molecule has 0 N–H and O–H groups in total. The van der Waals surface area contributed by atoms with Crippen LogP contribution in [0.4, 0.5) is 0 Å². The van der Waals surface area contributed by atoms with E-state index in [9.17, 15) is 0 Å². The zero-order valence-corrected chi connectivity index (χ0v) is 32.2. The summed E-state index contributed by atoms with van der Waals surface area (Å²) in [6.45, 7) is 0. The summed E-state index contributed by atoms with van der Waals surface area (Å²) in [4.78, 5) is 9.18. The maximum atomic E-state index is 9.02. The van der Waals surface area contributed by atoms with Gasteiger partial charge >= 0.3 is 99.8 Å². The van der Waals surface area contributed by atoms with E-state index in [1.165, 1.54) is 16.4 Å². The molecule has 3 aromatic heterocycles. The summed E-state index contributed by atoms with van der Waals surface area (Å²) in [7, 11) is 0. The van der Waals surface area contributed by atoms with Crippen molar-refractivity contribution in [3.05, 3.63) is 139 Å². The Balaban J connectivity index is 0.000000208. The summed E-state index contributed by atoms with van der Waals surface area (Å²) in [5.41, 5.74) is 8.79. The zero-order chi connectivity index (χ0) is 33.1. The van der Waals surface area contributed by atoms with E-state index >= 15 is 0 Å². The van der Waals surface area contributed by atoms with Gasteiger partial charge in [-0.15, -0.1) is 18.2 Å². The average Bonchev–Trinajstić information content (AvgIpc) is 3.51. The van der Waals surface area contributed by atoms with E-state index < -0.39 is 19.2 Å². The van der Waals surface area contributed by atoms with Gasteiger partial charge in [0, 0.05) is 33.1 Å². The first-order chi connectivity index (χ1) is 23.3. The molecule has 3 nitrogen and oxygen atoms in total. The first-order valence-corrected chi connectivity index (χ1v) is 24.0. The molecule has 3 heterocycles. The molecule has 0 aliphatic heterocycles. The van der Waals surface area contributed by atoms with Gasteiger partial charge in [-0.2, -0.15) is 0 Å². The summed E-state index contributed by atoms with van der Waals surface area (Å²) in [5, 5.41) is 2.16. The quantitative estimate of drug-likeness (QED) is 0.128. The Morgan fingerprint density at radius 2 is 1.54 bits per heavy atom. The maximum absolute atomic E-state index is 9.02. The van der Waals surface area contributed by atoms with E-state index in [2.05, 4.69) is 106 Å². The smallest absolute Gasteiger partial charge is 0 e. The summed E-state index contributed by atoms with van der Waals surface area (Å²) < 4.78 is 16.9. The summed E-state index contributed by atoms with van der Waals surface area (Å²) in [6.07, 6.45) is 9.17. The minimum absolute atomic E-state index is 0. The minimum atomic E-state index is -1.72. The van der Waals surface area contributed by atoms with Crippen LogP contribution in [0.25, 0.3) is 55.6 Å². The molecule has 0 unspecified atom stereocenters. The molecule has 0 amide bonds. The molecule has 48 heavy (non-hydrogen) atoms. The second-order valence-electron chi connectivity index (χ2n) is 13.3. The molecule has 1 saturated carbocycles. The largest absolute Gasteiger partial charge is 0 e. The predicted octanol–water partition coefficient (Wildman–Crippen LogP) is 11.3. The van der Waals surface area contributed by atoms with Gasteiger partial charge in [0.15, 0.2) is 0 Å². The van der Waals surface area contributed by atoms with Crippen LogP contribution in [0.5, 0.6) is 0 Å².